The maximum Gasteiger partial charge on any atom is 0.229 e. The number of amides is 2. The summed E-state index contributed by atoms with van der Waals surface area (Å²) in [6.45, 7) is 0.523. The van der Waals surface area contributed by atoms with Crippen LogP contribution >= 0.6 is 0 Å². The number of nitrogens with two attached hydrogens (primary N) is 1. The van der Waals surface area contributed by atoms with Gasteiger partial charge in [-0.1, -0.05) is 12.1 Å². The normalized spacial score (nSPS) is 17.3. The van der Waals surface area contributed by atoms with E-state index in [1.165, 1.54) is 17.0 Å². The first-order valence-electron chi connectivity index (χ1n) is 5.90. The molecule has 1 aromatic rings. The zero-order chi connectivity index (χ0) is 13.1. The minimum absolute atomic E-state index is 0.227. The number of likely N-dealkylation sites (tertiary alicyclic amines) is 1. The van der Waals surface area contributed by atoms with Gasteiger partial charge in [0, 0.05) is 31.8 Å². The summed E-state index contributed by atoms with van der Waals surface area (Å²) in [5.41, 5.74) is 6.05. The van der Waals surface area contributed by atoms with E-state index in [9.17, 15) is 14.0 Å². The van der Waals surface area contributed by atoms with Crippen molar-refractivity contribution in [3.63, 3.8) is 0 Å². The van der Waals surface area contributed by atoms with Crippen LogP contribution in [0.15, 0.2) is 24.3 Å². The van der Waals surface area contributed by atoms with Crippen LogP contribution in [-0.2, 0) is 9.59 Å². The Balaban J connectivity index is 2.15. The molecule has 1 saturated heterocycles. The lowest BCUT2D eigenvalue weighted by Crippen LogP contribution is -2.45. The Kier molecular flexibility index (Phi) is 3.72. The monoisotopic (exact) mass is 250 g/mol. The molecule has 0 unspecified atom stereocenters. The predicted octanol–water partition coefficient (Wildman–Crippen LogP) is 1.02. The molecule has 0 spiro atoms. The summed E-state index contributed by atoms with van der Waals surface area (Å²) in [6.07, 6.45) is 0.463. The molecule has 2 amide bonds. The first-order chi connectivity index (χ1) is 8.61. The number of nitrogens with zero attached hydrogens (tertiary/aromatic N) is 1. The van der Waals surface area contributed by atoms with Gasteiger partial charge in [-0.25, -0.2) is 4.39 Å². The molecule has 0 radical (unpaired) electrons. The van der Waals surface area contributed by atoms with Crippen LogP contribution in [0.25, 0.3) is 0 Å². The SMILES string of the molecule is NCCN1C(=O)CC(c2cccc(F)c2)CC1=O. The molecule has 1 heterocycles. The number of imide groups is 1. The molecule has 4 nitrogen and oxygen atoms in total. The number of carbonyl (C=O) groups is 2. The molecule has 1 fully saturated rings. The quantitative estimate of drug-likeness (QED) is 0.814. The second kappa shape index (κ2) is 5.27. The summed E-state index contributed by atoms with van der Waals surface area (Å²) >= 11 is 0. The van der Waals surface area contributed by atoms with Crippen LogP contribution in [0, 0.1) is 5.82 Å². The Morgan fingerprint density at radius 1 is 1.28 bits per heavy atom. The number of carbonyl (C=O) groups excluding carboxylic acids is 2. The third-order valence-electron chi connectivity index (χ3n) is 3.12. The number of benzene rings is 1. The van der Waals surface area contributed by atoms with Crippen molar-refractivity contribution >= 4 is 11.8 Å². The molecule has 0 atom stereocenters. The largest absolute Gasteiger partial charge is 0.329 e. The Morgan fingerprint density at radius 2 is 1.94 bits per heavy atom. The molecule has 0 aromatic heterocycles. The van der Waals surface area contributed by atoms with Crippen LogP contribution in [0.5, 0.6) is 0 Å². The van der Waals surface area contributed by atoms with E-state index in [2.05, 4.69) is 0 Å². The van der Waals surface area contributed by atoms with Gasteiger partial charge in [0.05, 0.1) is 0 Å². The van der Waals surface area contributed by atoms with Crippen molar-refractivity contribution < 1.29 is 14.0 Å². The zero-order valence-corrected chi connectivity index (χ0v) is 9.93. The van der Waals surface area contributed by atoms with Crippen LogP contribution in [0.1, 0.15) is 24.3 Å². The molecule has 18 heavy (non-hydrogen) atoms. The van der Waals surface area contributed by atoms with Crippen molar-refractivity contribution in [1.29, 1.82) is 0 Å². The molecule has 1 aromatic carbocycles. The molecular formula is C13H15FN2O2. The molecule has 96 valence electrons. The topological polar surface area (TPSA) is 63.4 Å². The first-order valence-corrected chi connectivity index (χ1v) is 5.90. The second-order valence-corrected chi connectivity index (χ2v) is 4.39. The summed E-state index contributed by atoms with van der Waals surface area (Å²) < 4.78 is 13.1. The number of hydrogen-bond donors (Lipinski definition) is 1. The van der Waals surface area contributed by atoms with Crippen molar-refractivity contribution in [3.8, 4) is 0 Å². The Morgan fingerprint density at radius 3 is 2.50 bits per heavy atom. The van der Waals surface area contributed by atoms with E-state index in [1.807, 2.05) is 0 Å². The molecule has 0 bridgehead atoms. The van der Waals surface area contributed by atoms with Gasteiger partial charge in [0.1, 0.15) is 5.82 Å². The van der Waals surface area contributed by atoms with Gasteiger partial charge >= 0.3 is 0 Å². The van der Waals surface area contributed by atoms with E-state index in [-0.39, 0.29) is 49.5 Å². The average molecular weight is 250 g/mol. The van der Waals surface area contributed by atoms with Crippen LogP contribution in [-0.4, -0.2) is 29.8 Å². The van der Waals surface area contributed by atoms with Crippen molar-refractivity contribution in [3.05, 3.63) is 35.6 Å². The fourth-order valence-electron chi connectivity index (χ4n) is 2.23. The summed E-state index contributed by atoms with van der Waals surface area (Å²) in [5, 5.41) is 0. The number of piperidine rings is 1. The van der Waals surface area contributed by atoms with Gasteiger partial charge in [0.15, 0.2) is 0 Å². The van der Waals surface area contributed by atoms with Gasteiger partial charge in [-0.05, 0) is 17.7 Å². The van der Waals surface area contributed by atoms with Crippen LogP contribution in [0.2, 0.25) is 0 Å². The van der Waals surface area contributed by atoms with Gasteiger partial charge in [0.25, 0.3) is 0 Å². The van der Waals surface area contributed by atoms with E-state index < -0.39 is 0 Å². The van der Waals surface area contributed by atoms with E-state index >= 15 is 0 Å². The summed E-state index contributed by atoms with van der Waals surface area (Å²) in [4.78, 5) is 24.8. The van der Waals surface area contributed by atoms with Gasteiger partial charge in [0.2, 0.25) is 11.8 Å². The maximum atomic E-state index is 13.1. The van der Waals surface area contributed by atoms with E-state index in [0.29, 0.717) is 5.56 Å². The van der Waals surface area contributed by atoms with Gasteiger partial charge < -0.3 is 5.73 Å². The van der Waals surface area contributed by atoms with Crippen LogP contribution in [0.3, 0.4) is 0 Å². The third kappa shape index (κ3) is 2.56. The van der Waals surface area contributed by atoms with Gasteiger partial charge in [-0.15, -0.1) is 0 Å². The van der Waals surface area contributed by atoms with Gasteiger partial charge in [-0.3, -0.25) is 14.5 Å². The number of halogens is 1. The summed E-state index contributed by atoms with van der Waals surface area (Å²) in [6, 6.07) is 6.05. The Labute approximate surface area is 105 Å². The second-order valence-electron chi connectivity index (χ2n) is 4.39. The standard InChI is InChI=1S/C13H15FN2O2/c14-11-3-1-2-9(6-11)10-7-12(17)16(5-4-15)13(18)8-10/h1-3,6,10H,4-5,7-8,15H2. The lowest BCUT2D eigenvalue weighted by Gasteiger charge is -2.29. The lowest BCUT2D eigenvalue weighted by molar-refractivity contribution is -0.148. The highest BCUT2D eigenvalue weighted by molar-refractivity contribution is 5.98. The van der Waals surface area contributed by atoms with Crippen molar-refractivity contribution in [1.82, 2.24) is 4.90 Å². The highest BCUT2D eigenvalue weighted by Crippen LogP contribution is 2.29. The molecule has 5 heteroatoms. The minimum Gasteiger partial charge on any atom is -0.329 e. The molecule has 2 N–H and O–H groups in total. The number of hydrogen-bond acceptors (Lipinski definition) is 3. The zero-order valence-electron chi connectivity index (χ0n) is 9.93. The highest BCUT2D eigenvalue weighted by Gasteiger charge is 2.32. The molecule has 1 aliphatic rings. The van der Waals surface area contributed by atoms with Gasteiger partial charge in [-0.2, -0.15) is 0 Å². The Hall–Kier alpha value is -1.75. The highest BCUT2D eigenvalue weighted by atomic mass is 19.1. The van der Waals surface area contributed by atoms with Crippen LogP contribution in [0.4, 0.5) is 4.39 Å². The summed E-state index contributed by atoms with van der Waals surface area (Å²) in [5.74, 6) is -1.04. The number of rotatable bonds is 3. The minimum atomic E-state index is -0.350. The lowest BCUT2D eigenvalue weighted by atomic mass is 9.88. The van der Waals surface area contributed by atoms with Crippen molar-refractivity contribution in [2.45, 2.75) is 18.8 Å². The molecule has 2 rings (SSSR count). The van der Waals surface area contributed by atoms with E-state index in [4.69, 9.17) is 5.73 Å². The fraction of sp³-hybridized carbons (Fsp3) is 0.385. The Bertz CT molecular complexity index is 458. The van der Waals surface area contributed by atoms with Crippen molar-refractivity contribution in [2.24, 2.45) is 5.73 Å². The average Bonchev–Trinajstić information content (AvgIpc) is 2.33. The molecule has 0 aliphatic carbocycles. The van der Waals surface area contributed by atoms with E-state index in [1.54, 1.807) is 12.1 Å². The van der Waals surface area contributed by atoms with E-state index in [0.717, 1.165) is 0 Å². The van der Waals surface area contributed by atoms with Crippen LogP contribution < -0.4 is 5.73 Å². The molecule has 1 aliphatic heterocycles. The predicted molar refractivity (Wildman–Crippen MR) is 64.1 cm³/mol. The third-order valence-corrected chi connectivity index (χ3v) is 3.12. The maximum absolute atomic E-state index is 13.1. The first kappa shape index (κ1) is 12.7. The van der Waals surface area contributed by atoms with Crippen molar-refractivity contribution in [2.75, 3.05) is 13.1 Å². The fourth-order valence-corrected chi connectivity index (χ4v) is 2.23. The smallest absolute Gasteiger partial charge is 0.229 e. The molecular weight excluding hydrogens is 235 g/mol. The summed E-state index contributed by atoms with van der Waals surface area (Å²) in [7, 11) is 0. The molecule has 0 saturated carbocycles.